The highest BCUT2D eigenvalue weighted by Gasteiger charge is 2.41. The monoisotopic (exact) mass is 296 g/mol. The number of ether oxygens (including phenoxy) is 1. The second kappa shape index (κ2) is 6.46. The van der Waals surface area contributed by atoms with Crippen molar-refractivity contribution in [2.45, 2.75) is 12.8 Å². The Kier molecular flexibility index (Phi) is 4.89. The van der Waals surface area contributed by atoms with Gasteiger partial charge in [0.05, 0.1) is 0 Å². The largest absolute Gasteiger partial charge is 0.484 e. The maximum Gasteiger partial charge on any atom is 0.260 e. The first-order chi connectivity index (χ1) is 9.27. The minimum atomic E-state index is 0. The van der Waals surface area contributed by atoms with Crippen LogP contribution >= 0.6 is 12.4 Å². The normalized spacial score (nSPS) is 24.7. The van der Waals surface area contributed by atoms with E-state index < -0.39 is 0 Å². The molecule has 4 nitrogen and oxygen atoms in total. The van der Waals surface area contributed by atoms with Crippen molar-refractivity contribution in [2.24, 2.45) is 5.41 Å². The number of nitrogens with one attached hydrogen (secondary N) is 1. The van der Waals surface area contributed by atoms with Crippen molar-refractivity contribution in [3.05, 3.63) is 30.3 Å². The molecule has 0 aromatic heterocycles. The van der Waals surface area contributed by atoms with Crippen molar-refractivity contribution in [1.29, 1.82) is 0 Å². The first kappa shape index (κ1) is 15.1. The Labute approximate surface area is 125 Å². The fourth-order valence-electron chi connectivity index (χ4n) is 3.04. The molecule has 20 heavy (non-hydrogen) atoms. The third-order valence-electron chi connectivity index (χ3n) is 4.23. The lowest BCUT2D eigenvalue weighted by Crippen LogP contribution is -2.36. The van der Waals surface area contributed by atoms with Crippen molar-refractivity contribution in [1.82, 2.24) is 10.2 Å². The number of nitrogens with zero attached hydrogens (tertiary/aromatic N) is 1. The molecule has 0 bridgehead atoms. The van der Waals surface area contributed by atoms with Crippen LogP contribution in [-0.2, 0) is 4.79 Å². The first-order valence-electron chi connectivity index (χ1n) is 6.94. The molecule has 1 aromatic carbocycles. The Hall–Kier alpha value is -1.26. The van der Waals surface area contributed by atoms with Crippen LogP contribution in [0, 0.1) is 5.41 Å². The van der Waals surface area contributed by atoms with Gasteiger partial charge in [0.15, 0.2) is 6.61 Å². The molecule has 1 aromatic rings. The van der Waals surface area contributed by atoms with E-state index >= 15 is 0 Å². The molecular formula is C15H21ClN2O2. The lowest BCUT2D eigenvalue weighted by molar-refractivity contribution is -0.132. The van der Waals surface area contributed by atoms with Gasteiger partial charge in [0, 0.05) is 25.0 Å². The molecule has 5 heteroatoms. The van der Waals surface area contributed by atoms with Gasteiger partial charge in [0.2, 0.25) is 0 Å². The summed E-state index contributed by atoms with van der Waals surface area (Å²) in [5.41, 5.74) is 0.336. The Balaban J connectivity index is 0.00000147. The van der Waals surface area contributed by atoms with Gasteiger partial charge < -0.3 is 15.0 Å². The van der Waals surface area contributed by atoms with Crippen LogP contribution in [0.25, 0.3) is 0 Å². The van der Waals surface area contributed by atoms with E-state index in [0.29, 0.717) is 5.41 Å². The highest BCUT2D eigenvalue weighted by atomic mass is 35.5. The number of para-hydroxylation sites is 1. The number of carbonyl (C=O) groups is 1. The van der Waals surface area contributed by atoms with Crippen molar-refractivity contribution in [3.8, 4) is 5.75 Å². The van der Waals surface area contributed by atoms with Gasteiger partial charge in [-0.1, -0.05) is 18.2 Å². The maximum absolute atomic E-state index is 12.1. The molecule has 1 spiro atoms. The molecule has 2 heterocycles. The second-order valence-electron chi connectivity index (χ2n) is 5.59. The molecule has 1 unspecified atom stereocenters. The van der Waals surface area contributed by atoms with Crippen LogP contribution in [0.2, 0.25) is 0 Å². The molecule has 1 amide bonds. The minimum Gasteiger partial charge on any atom is -0.484 e. The third kappa shape index (κ3) is 3.25. The van der Waals surface area contributed by atoms with E-state index in [1.165, 1.54) is 6.42 Å². The van der Waals surface area contributed by atoms with E-state index in [2.05, 4.69) is 5.32 Å². The van der Waals surface area contributed by atoms with E-state index in [0.717, 1.165) is 38.3 Å². The summed E-state index contributed by atoms with van der Waals surface area (Å²) in [4.78, 5) is 14.1. The molecule has 2 aliphatic heterocycles. The average molecular weight is 297 g/mol. The lowest BCUT2D eigenvalue weighted by Gasteiger charge is -2.22. The number of halogens is 1. The number of benzene rings is 1. The maximum atomic E-state index is 12.1. The van der Waals surface area contributed by atoms with E-state index in [9.17, 15) is 4.79 Å². The van der Waals surface area contributed by atoms with Crippen LogP contribution in [0.4, 0.5) is 0 Å². The van der Waals surface area contributed by atoms with Gasteiger partial charge in [-0.05, 0) is 31.5 Å². The van der Waals surface area contributed by atoms with Crippen LogP contribution in [0.5, 0.6) is 5.75 Å². The number of carbonyl (C=O) groups excluding carboxylic acids is 1. The average Bonchev–Trinajstić information content (AvgIpc) is 3.08. The zero-order chi connectivity index (χ0) is 13.1. The molecule has 3 rings (SSSR count). The standard InChI is InChI=1S/C15H20N2O2.ClH/c18-14(10-19-13-4-2-1-3-5-13)17-9-7-15(12-17)6-8-16-11-15;/h1-5,16H,6-12H2;1H. The molecule has 1 atom stereocenters. The quantitative estimate of drug-likeness (QED) is 0.923. The van der Waals surface area contributed by atoms with Crippen molar-refractivity contribution >= 4 is 18.3 Å². The number of rotatable bonds is 3. The van der Waals surface area contributed by atoms with E-state index in [1.54, 1.807) is 0 Å². The zero-order valence-electron chi connectivity index (χ0n) is 11.5. The first-order valence-corrected chi connectivity index (χ1v) is 6.94. The summed E-state index contributed by atoms with van der Waals surface area (Å²) in [7, 11) is 0. The molecular weight excluding hydrogens is 276 g/mol. The van der Waals surface area contributed by atoms with Gasteiger partial charge in [0.1, 0.15) is 5.75 Å². The fraction of sp³-hybridized carbons (Fsp3) is 0.533. The molecule has 2 aliphatic rings. The number of hydrogen-bond acceptors (Lipinski definition) is 3. The number of likely N-dealkylation sites (tertiary alicyclic amines) is 1. The third-order valence-corrected chi connectivity index (χ3v) is 4.23. The predicted octanol–water partition coefficient (Wildman–Crippen LogP) is 1.70. The van der Waals surface area contributed by atoms with Gasteiger partial charge in [-0.2, -0.15) is 0 Å². The molecule has 110 valence electrons. The highest BCUT2D eigenvalue weighted by Crippen LogP contribution is 2.35. The Morgan fingerprint density at radius 2 is 2.10 bits per heavy atom. The lowest BCUT2D eigenvalue weighted by atomic mass is 9.87. The number of hydrogen-bond donors (Lipinski definition) is 1. The fourth-order valence-corrected chi connectivity index (χ4v) is 3.04. The van der Waals surface area contributed by atoms with Crippen LogP contribution in [-0.4, -0.2) is 43.6 Å². The summed E-state index contributed by atoms with van der Waals surface area (Å²) < 4.78 is 5.52. The van der Waals surface area contributed by atoms with E-state index in [1.807, 2.05) is 35.2 Å². The SMILES string of the molecule is Cl.O=C(COc1ccccc1)N1CCC2(CCNC2)C1. The highest BCUT2D eigenvalue weighted by molar-refractivity contribution is 5.85. The van der Waals surface area contributed by atoms with Crippen molar-refractivity contribution < 1.29 is 9.53 Å². The van der Waals surface area contributed by atoms with Crippen molar-refractivity contribution in [3.63, 3.8) is 0 Å². The zero-order valence-corrected chi connectivity index (χ0v) is 12.3. The Morgan fingerprint density at radius 3 is 2.80 bits per heavy atom. The van der Waals surface area contributed by atoms with Crippen LogP contribution in [0.15, 0.2) is 30.3 Å². The summed E-state index contributed by atoms with van der Waals surface area (Å²) in [6, 6.07) is 9.51. The topological polar surface area (TPSA) is 41.6 Å². The smallest absolute Gasteiger partial charge is 0.260 e. The number of amides is 1. The van der Waals surface area contributed by atoms with E-state index in [4.69, 9.17) is 4.74 Å². The van der Waals surface area contributed by atoms with Crippen LogP contribution in [0.3, 0.4) is 0 Å². The molecule has 0 aliphatic carbocycles. The Morgan fingerprint density at radius 1 is 1.30 bits per heavy atom. The van der Waals surface area contributed by atoms with Gasteiger partial charge in [-0.3, -0.25) is 4.79 Å². The van der Waals surface area contributed by atoms with Gasteiger partial charge in [-0.25, -0.2) is 0 Å². The minimum absolute atomic E-state index is 0. The second-order valence-corrected chi connectivity index (χ2v) is 5.59. The van der Waals surface area contributed by atoms with Crippen LogP contribution < -0.4 is 10.1 Å². The molecule has 0 saturated carbocycles. The van der Waals surface area contributed by atoms with Crippen molar-refractivity contribution in [2.75, 3.05) is 32.8 Å². The molecule has 1 N–H and O–H groups in total. The summed E-state index contributed by atoms with van der Waals surface area (Å²) in [5, 5.41) is 3.40. The van der Waals surface area contributed by atoms with Gasteiger partial charge >= 0.3 is 0 Å². The van der Waals surface area contributed by atoms with Crippen LogP contribution in [0.1, 0.15) is 12.8 Å². The van der Waals surface area contributed by atoms with E-state index in [-0.39, 0.29) is 24.9 Å². The molecule has 0 radical (unpaired) electrons. The molecule has 2 fully saturated rings. The predicted molar refractivity (Wildman–Crippen MR) is 80.3 cm³/mol. The summed E-state index contributed by atoms with van der Waals surface area (Å²) in [6.07, 6.45) is 2.31. The summed E-state index contributed by atoms with van der Waals surface area (Å²) >= 11 is 0. The molecule has 2 saturated heterocycles. The van der Waals surface area contributed by atoms with Gasteiger partial charge in [-0.15, -0.1) is 12.4 Å². The van der Waals surface area contributed by atoms with Gasteiger partial charge in [0.25, 0.3) is 5.91 Å². The summed E-state index contributed by atoms with van der Waals surface area (Å²) in [5.74, 6) is 0.861. The Bertz CT molecular complexity index is 446. The summed E-state index contributed by atoms with van der Waals surface area (Å²) in [6.45, 7) is 4.04.